The van der Waals surface area contributed by atoms with Gasteiger partial charge in [-0.15, -0.1) is 0 Å². The second-order valence-corrected chi connectivity index (χ2v) is 6.61. The molecule has 0 saturated carbocycles. The van der Waals surface area contributed by atoms with Gasteiger partial charge in [0.2, 0.25) is 5.56 Å². The summed E-state index contributed by atoms with van der Waals surface area (Å²) < 4.78 is 0.768. The molecule has 3 rings (SSSR count). The topological polar surface area (TPSA) is 74.0 Å². The second kappa shape index (κ2) is 6.22. The Balaban J connectivity index is 1.97. The lowest BCUT2D eigenvalue weighted by Gasteiger charge is -2.30. The lowest BCUT2D eigenvalue weighted by atomic mass is 9.94. The standard InChI is InChI=1S/C16H18BrN3O2/c1-9-5-6-18-8-13(9)19-16(22)11-7-14(21)20-15-10(11)3-2-4-12(15)17/h2-4,7,9,13,18H,5-6,8H2,1H3,(H,19,22)(H,20,21). The van der Waals surface area contributed by atoms with Crippen LogP contribution in [0.25, 0.3) is 10.9 Å². The molecular formula is C16H18BrN3O2. The molecule has 5 nitrogen and oxygen atoms in total. The zero-order chi connectivity index (χ0) is 15.7. The number of amides is 1. The predicted octanol–water partition coefficient (Wildman–Crippen LogP) is 2.02. The van der Waals surface area contributed by atoms with Crippen LogP contribution in [0, 0.1) is 5.92 Å². The molecule has 2 aromatic rings. The molecule has 0 bridgehead atoms. The summed E-state index contributed by atoms with van der Waals surface area (Å²) in [6.07, 6.45) is 1.03. The Morgan fingerprint density at radius 2 is 2.23 bits per heavy atom. The van der Waals surface area contributed by atoms with E-state index in [0.717, 1.165) is 29.4 Å². The highest BCUT2D eigenvalue weighted by molar-refractivity contribution is 9.10. The summed E-state index contributed by atoms with van der Waals surface area (Å²) in [4.78, 5) is 27.2. The van der Waals surface area contributed by atoms with Gasteiger partial charge in [-0.05, 0) is 40.9 Å². The van der Waals surface area contributed by atoms with Crippen LogP contribution >= 0.6 is 15.9 Å². The highest BCUT2D eigenvalue weighted by Gasteiger charge is 2.24. The van der Waals surface area contributed by atoms with Gasteiger partial charge in [0.1, 0.15) is 0 Å². The first kappa shape index (κ1) is 15.2. The van der Waals surface area contributed by atoms with Crippen molar-refractivity contribution in [2.75, 3.05) is 13.1 Å². The van der Waals surface area contributed by atoms with Gasteiger partial charge < -0.3 is 15.6 Å². The fourth-order valence-corrected chi connectivity index (χ4v) is 3.33. The minimum atomic E-state index is -0.278. The molecule has 2 unspecified atom stereocenters. The van der Waals surface area contributed by atoms with Crippen molar-refractivity contribution >= 4 is 32.7 Å². The van der Waals surface area contributed by atoms with Crippen molar-refractivity contribution in [3.8, 4) is 0 Å². The fourth-order valence-electron chi connectivity index (χ4n) is 2.86. The molecule has 6 heteroatoms. The summed E-state index contributed by atoms with van der Waals surface area (Å²) in [5, 5.41) is 7.08. The third-order valence-corrected chi connectivity index (χ3v) is 4.88. The van der Waals surface area contributed by atoms with E-state index in [1.54, 1.807) is 0 Å². The molecule has 0 aliphatic carbocycles. The maximum atomic E-state index is 12.6. The number of aromatic nitrogens is 1. The number of hydrogen-bond acceptors (Lipinski definition) is 3. The number of rotatable bonds is 2. The number of halogens is 1. The number of H-pyrrole nitrogens is 1. The molecule has 116 valence electrons. The van der Waals surface area contributed by atoms with Crippen molar-refractivity contribution in [1.29, 1.82) is 0 Å². The van der Waals surface area contributed by atoms with Gasteiger partial charge in [0, 0.05) is 28.5 Å². The number of carbonyl (C=O) groups excluding carboxylic acids is 1. The van der Waals surface area contributed by atoms with Gasteiger partial charge in [-0.1, -0.05) is 19.1 Å². The maximum Gasteiger partial charge on any atom is 0.252 e. The molecule has 0 spiro atoms. The van der Waals surface area contributed by atoms with Crippen LogP contribution in [0.4, 0.5) is 0 Å². The summed E-state index contributed by atoms with van der Waals surface area (Å²) in [6.45, 7) is 3.88. The predicted molar refractivity (Wildman–Crippen MR) is 90.2 cm³/mol. The van der Waals surface area contributed by atoms with E-state index in [2.05, 4.69) is 38.5 Å². The Morgan fingerprint density at radius 3 is 3.00 bits per heavy atom. The van der Waals surface area contributed by atoms with Crippen LogP contribution in [-0.4, -0.2) is 30.0 Å². The molecule has 1 fully saturated rings. The number of nitrogens with one attached hydrogen (secondary N) is 3. The zero-order valence-corrected chi connectivity index (χ0v) is 13.9. The number of carbonyl (C=O) groups is 1. The van der Waals surface area contributed by atoms with Crippen molar-refractivity contribution in [3.63, 3.8) is 0 Å². The summed E-state index contributed by atoms with van der Waals surface area (Å²) in [7, 11) is 0. The molecule has 3 N–H and O–H groups in total. The van der Waals surface area contributed by atoms with Crippen LogP contribution in [0.3, 0.4) is 0 Å². The summed E-state index contributed by atoms with van der Waals surface area (Å²) in [5.74, 6) is 0.222. The third kappa shape index (κ3) is 2.94. The van der Waals surface area contributed by atoms with Crippen molar-refractivity contribution in [2.45, 2.75) is 19.4 Å². The zero-order valence-electron chi connectivity index (χ0n) is 12.3. The molecule has 0 radical (unpaired) electrons. The summed E-state index contributed by atoms with van der Waals surface area (Å²) in [5.41, 5.74) is 0.784. The summed E-state index contributed by atoms with van der Waals surface area (Å²) in [6, 6.07) is 6.99. The molecule has 2 heterocycles. The van der Waals surface area contributed by atoms with Crippen LogP contribution in [0.2, 0.25) is 0 Å². The number of para-hydroxylation sites is 1. The monoisotopic (exact) mass is 363 g/mol. The van der Waals surface area contributed by atoms with Crippen molar-refractivity contribution in [1.82, 2.24) is 15.6 Å². The van der Waals surface area contributed by atoms with Gasteiger partial charge in [0.15, 0.2) is 0 Å². The van der Waals surface area contributed by atoms with Gasteiger partial charge in [0.25, 0.3) is 5.91 Å². The Labute approximate surface area is 136 Å². The number of hydrogen-bond donors (Lipinski definition) is 3. The molecule has 1 aliphatic heterocycles. The number of fused-ring (bicyclic) bond motifs is 1. The van der Waals surface area contributed by atoms with Crippen LogP contribution in [0.1, 0.15) is 23.7 Å². The number of pyridine rings is 1. The Hall–Kier alpha value is -1.66. The average molecular weight is 364 g/mol. The Bertz CT molecular complexity index is 772. The van der Waals surface area contributed by atoms with E-state index in [1.165, 1.54) is 6.07 Å². The first-order chi connectivity index (χ1) is 10.6. The lowest BCUT2D eigenvalue weighted by molar-refractivity contribution is 0.0917. The van der Waals surface area contributed by atoms with Gasteiger partial charge in [-0.3, -0.25) is 9.59 Å². The Morgan fingerprint density at radius 1 is 1.41 bits per heavy atom. The molecule has 1 aromatic heterocycles. The lowest BCUT2D eigenvalue weighted by Crippen LogP contribution is -2.50. The fraction of sp³-hybridized carbons (Fsp3) is 0.375. The van der Waals surface area contributed by atoms with E-state index in [9.17, 15) is 9.59 Å². The van der Waals surface area contributed by atoms with Crippen LogP contribution in [0.5, 0.6) is 0 Å². The van der Waals surface area contributed by atoms with E-state index in [-0.39, 0.29) is 17.5 Å². The van der Waals surface area contributed by atoms with Crippen LogP contribution < -0.4 is 16.2 Å². The van der Waals surface area contributed by atoms with Gasteiger partial charge in [-0.2, -0.15) is 0 Å². The minimum absolute atomic E-state index is 0.0859. The normalized spacial score (nSPS) is 21.7. The van der Waals surface area contributed by atoms with E-state index < -0.39 is 0 Å². The van der Waals surface area contributed by atoms with Crippen LogP contribution in [0.15, 0.2) is 33.5 Å². The largest absolute Gasteiger partial charge is 0.348 e. The molecule has 22 heavy (non-hydrogen) atoms. The van der Waals surface area contributed by atoms with Crippen LogP contribution in [-0.2, 0) is 0 Å². The van der Waals surface area contributed by atoms with E-state index in [4.69, 9.17) is 0 Å². The quantitative estimate of drug-likeness (QED) is 0.763. The van der Waals surface area contributed by atoms with Crippen molar-refractivity contribution in [2.24, 2.45) is 5.92 Å². The molecule has 1 amide bonds. The van der Waals surface area contributed by atoms with E-state index in [1.807, 2.05) is 18.2 Å². The smallest absolute Gasteiger partial charge is 0.252 e. The molecule has 1 saturated heterocycles. The van der Waals surface area contributed by atoms with Crippen molar-refractivity contribution in [3.05, 3.63) is 44.7 Å². The number of benzene rings is 1. The number of piperidine rings is 1. The van der Waals surface area contributed by atoms with Crippen molar-refractivity contribution < 1.29 is 4.79 Å². The SMILES string of the molecule is CC1CCNCC1NC(=O)c1cc(=O)[nH]c2c(Br)cccc12. The molecule has 1 aliphatic rings. The molecule has 1 aromatic carbocycles. The van der Waals surface area contributed by atoms with E-state index >= 15 is 0 Å². The maximum absolute atomic E-state index is 12.6. The third-order valence-electron chi connectivity index (χ3n) is 4.22. The minimum Gasteiger partial charge on any atom is -0.348 e. The summed E-state index contributed by atoms with van der Waals surface area (Å²) >= 11 is 3.41. The van der Waals surface area contributed by atoms with Gasteiger partial charge >= 0.3 is 0 Å². The highest BCUT2D eigenvalue weighted by Crippen LogP contribution is 2.23. The first-order valence-electron chi connectivity index (χ1n) is 7.39. The van der Waals surface area contributed by atoms with Gasteiger partial charge in [0.05, 0.1) is 11.1 Å². The number of aromatic amines is 1. The molecule has 2 atom stereocenters. The van der Waals surface area contributed by atoms with Gasteiger partial charge in [-0.25, -0.2) is 0 Å². The first-order valence-corrected chi connectivity index (χ1v) is 8.18. The Kier molecular flexibility index (Phi) is 4.31. The highest BCUT2D eigenvalue weighted by atomic mass is 79.9. The average Bonchev–Trinajstić information content (AvgIpc) is 2.50. The second-order valence-electron chi connectivity index (χ2n) is 5.76. The molecular weight excluding hydrogens is 346 g/mol. The van der Waals surface area contributed by atoms with E-state index in [0.29, 0.717) is 17.0 Å².